The number of hydrazone groups is 1. The van der Waals surface area contributed by atoms with Crippen molar-refractivity contribution in [2.24, 2.45) is 5.10 Å². The van der Waals surface area contributed by atoms with E-state index in [0.29, 0.717) is 21.8 Å². The fourth-order valence-corrected chi connectivity index (χ4v) is 4.26. The number of fused-ring (bicyclic) bond motifs is 2. The summed E-state index contributed by atoms with van der Waals surface area (Å²) in [7, 11) is 0. The van der Waals surface area contributed by atoms with Crippen LogP contribution in [-0.2, 0) is 11.3 Å². The second-order valence-corrected chi connectivity index (χ2v) is 8.07. The first kappa shape index (κ1) is 21.3. The lowest BCUT2D eigenvalue weighted by Crippen LogP contribution is -2.25. The molecule has 2 aromatic heterocycles. The molecule has 0 atom stereocenters. The van der Waals surface area contributed by atoms with Gasteiger partial charge in [-0.3, -0.25) is 9.59 Å². The third-order valence-corrected chi connectivity index (χ3v) is 5.91. The minimum Gasteiger partial charge on any atom is -0.331 e. The molecule has 0 saturated heterocycles. The summed E-state index contributed by atoms with van der Waals surface area (Å²) in [6, 6.07) is 24.5. The van der Waals surface area contributed by atoms with E-state index < -0.39 is 0 Å². The average Bonchev–Trinajstić information content (AvgIpc) is 3.15. The minimum absolute atomic E-state index is 0.0277. The molecule has 5 rings (SSSR count). The van der Waals surface area contributed by atoms with E-state index in [9.17, 15) is 9.59 Å². The monoisotopic (exact) mass is 449 g/mol. The number of hydrogen-bond donors (Lipinski definition) is 1. The topological polar surface area (TPSA) is 81.3 Å². The van der Waals surface area contributed by atoms with Crippen molar-refractivity contribution in [2.75, 3.05) is 0 Å². The third-order valence-electron chi connectivity index (χ3n) is 5.91. The largest absolute Gasteiger partial charge is 0.331 e. The maximum Gasteiger partial charge on any atom is 0.260 e. The maximum absolute atomic E-state index is 12.9. The SMILES string of the molecule is Cc1nn(-c2ccccc2)c(C)c1/C=N/NC(=O)Cn1c2ccccc2c(=O)c2ccccc21. The highest BCUT2D eigenvalue weighted by molar-refractivity contribution is 5.95. The first-order chi connectivity index (χ1) is 16.5. The van der Waals surface area contributed by atoms with Gasteiger partial charge in [-0.2, -0.15) is 10.2 Å². The van der Waals surface area contributed by atoms with Crippen LogP contribution in [0.3, 0.4) is 0 Å². The van der Waals surface area contributed by atoms with Crippen molar-refractivity contribution in [3.63, 3.8) is 0 Å². The van der Waals surface area contributed by atoms with E-state index in [0.717, 1.165) is 22.6 Å². The number of rotatable bonds is 5. The number of carbonyl (C=O) groups is 1. The highest BCUT2D eigenvalue weighted by Gasteiger charge is 2.13. The quantitative estimate of drug-likeness (QED) is 0.249. The minimum atomic E-state index is -0.291. The van der Waals surface area contributed by atoms with Crippen molar-refractivity contribution >= 4 is 33.9 Å². The number of amides is 1. The van der Waals surface area contributed by atoms with Gasteiger partial charge in [0.15, 0.2) is 5.43 Å². The summed E-state index contributed by atoms with van der Waals surface area (Å²) in [5.74, 6) is -0.291. The van der Waals surface area contributed by atoms with E-state index in [1.807, 2.05) is 89.8 Å². The fraction of sp³-hybridized carbons (Fsp3) is 0.111. The van der Waals surface area contributed by atoms with Gasteiger partial charge in [-0.1, -0.05) is 42.5 Å². The molecule has 1 N–H and O–H groups in total. The Kier molecular flexibility index (Phi) is 5.51. The lowest BCUT2D eigenvalue weighted by Gasteiger charge is -2.14. The molecule has 0 unspecified atom stereocenters. The normalized spacial score (nSPS) is 11.5. The van der Waals surface area contributed by atoms with Gasteiger partial charge in [0.05, 0.1) is 34.3 Å². The van der Waals surface area contributed by atoms with Gasteiger partial charge >= 0.3 is 0 Å². The highest BCUT2D eigenvalue weighted by Crippen LogP contribution is 2.19. The van der Waals surface area contributed by atoms with Crippen LogP contribution in [0, 0.1) is 13.8 Å². The van der Waals surface area contributed by atoms with Crippen LogP contribution < -0.4 is 10.9 Å². The summed E-state index contributed by atoms with van der Waals surface area (Å²) < 4.78 is 3.71. The molecule has 0 radical (unpaired) electrons. The van der Waals surface area contributed by atoms with Crippen LogP contribution >= 0.6 is 0 Å². The van der Waals surface area contributed by atoms with Gasteiger partial charge in [-0.15, -0.1) is 0 Å². The van der Waals surface area contributed by atoms with Crippen LogP contribution in [0.1, 0.15) is 17.0 Å². The van der Waals surface area contributed by atoms with Crippen LogP contribution in [0.25, 0.3) is 27.5 Å². The van der Waals surface area contributed by atoms with Crippen molar-refractivity contribution in [3.8, 4) is 5.69 Å². The Bertz CT molecular complexity index is 1550. The zero-order valence-electron chi connectivity index (χ0n) is 18.9. The van der Waals surface area contributed by atoms with E-state index in [1.54, 1.807) is 18.3 Å². The van der Waals surface area contributed by atoms with Crippen LogP contribution in [0.2, 0.25) is 0 Å². The Hall–Kier alpha value is -4.52. The summed E-state index contributed by atoms with van der Waals surface area (Å²) in [6.07, 6.45) is 1.62. The second-order valence-electron chi connectivity index (χ2n) is 8.07. The fourth-order valence-electron chi connectivity index (χ4n) is 4.26. The molecule has 0 aliphatic carbocycles. The number of hydrogen-bond acceptors (Lipinski definition) is 4. The van der Waals surface area contributed by atoms with Crippen molar-refractivity contribution < 1.29 is 4.79 Å². The molecule has 0 bridgehead atoms. The van der Waals surface area contributed by atoms with Crippen LogP contribution in [-0.4, -0.2) is 26.5 Å². The number of pyridine rings is 1. The van der Waals surface area contributed by atoms with E-state index in [4.69, 9.17) is 0 Å². The number of aromatic nitrogens is 3. The van der Waals surface area contributed by atoms with Gasteiger partial charge in [0.1, 0.15) is 6.54 Å². The first-order valence-electron chi connectivity index (χ1n) is 11.0. The third kappa shape index (κ3) is 3.77. The second kappa shape index (κ2) is 8.78. The summed E-state index contributed by atoms with van der Waals surface area (Å²) >= 11 is 0. The maximum atomic E-state index is 12.9. The molecule has 1 amide bonds. The van der Waals surface area contributed by atoms with Crippen LogP contribution in [0.5, 0.6) is 0 Å². The number of nitrogens with zero attached hydrogens (tertiary/aromatic N) is 4. The van der Waals surface area contributed by atoms with Gasteiger partial charge in [-0.05, 0) is 50.2 Å². The molecule has 5 aromatic rings. The standard InChI is InChI=1S/C27H23N5O2/c1-18-23(19(2)32(30-18)20-10-4-3-5-11-20)16-28-29-26(33)17-31-24-14-8-6-12-21(24)27(34)22-13-7-9-15-25(22)31/h3-16H,17H2,1-2H3,(H,29,33)/b28-16+. The van der Waals surface area contributed by atoms with Gasteiger partial charge < -0.3 is 4.57 Å². The number of benzene rings is 3. The number of para-hydroxylation sites is 3. The summed E-state index contributed by atoms with van der Waals surface area (Å²) in [5, 5.41) is 9.95. The number of aryl methyl sites for hydroxylation is 1. The molecule has 0 aliphatic rings. The Morgan fingerprint density at radius 2 is 1.50 bits per heavy atom. The number of carbonyl (C=O) groups excluding carboxylic acids is 1. The molecule has 34 heavy (non-hydrogen) atoms. The van der Waals surface area contributed by atoms with Crippen molar-refractivity contribution in [2.45, 2.75) is 20.4 Å². The lowest BCUT2D eigenvalue weighted by atomic mass is 10.1. The molecule has 3 aromatic carbocycles. The summed E-state index contributed by atoms with van der Waals surface area (Å²) in [4.78, 5) is 25.7. The molecule has 168 valence electrons. The van der Waals surface area contributed by atoms with Crippen molar-refractivity contribution in [3.05, 3.63) is 106 Å². The zero-order chi connectivity index (χ0) is 23.7. The summed E-state index contributed by atoms with van der Waals surface area (Å²) in [5.41, 5.74) is 7.56. The number of nitrogens with one attached hydrogen (secondary N) is 1. The van der Waals surface area contributed by atoms with Gasteiger partial charge in [-0.25, -0.2) is 10.1 Å². The predicted molar refractivity (Wildman–Crippen MR) is 134 cm³/mol. The zero-order valence-corrected chi connectivity index (χ0v) is 18.9. The van der Waals surface area contributed by atoms with Crippen molar-refractivity contribution in [1.29, 1.82) is 0 Å². The molecule has 0 aliphatic heterocycles. The molecule has 7 heteroatoms. The summed E-state index contributed by atoms with van der Waals surface area (Å²) in [6.45, 7) is 3.91. The van der Waals surface area contributed by atoms with Crippen LogP contribution in [0.15, 0.2) is 88.8 Å². The van der Waals surface area contributed by atoms with E-state index in [-0.39, 0.29) is 17.9 Å². The molecular weight excluding hydrogens is 426 g/mol. The molecule has 2 heterocycles. The first-order valence-corrected chi connectivity index (χ1v) is 11.0. The molecule has 0 saturated carbocycles. The van der Waals surface area contributed by atoms with Gasteiger partial charge in [0.2, 0.25) is 0 Å². The Morgan fingerprint density at radius 1 is 0.912 bits per heavy atom. The molecule has 7 nitrogen and oxygen atoms in total. The smallest absolute Gasteiger partial charge is 0.260 e. The average molecular weight is 450 g/mol. The van der Waals surface area contributed by atoms with Gasteiger partial charge in [0.25, 0.3) is 5.91 Å². The predicted octanol–water partition coefficient (Wildman–Crippen LogP) is 4.11. The molecular formula is C27H23N5O2. The van der Waals surface area contributed by atoms with Crippen molar-refractivity contribution in [1.82, 2.24) is 19.8 Å². The molecule has 0 fully saturated rings. The van der Waals surface area contributed by atoms with Crippen LogP contribution in [0.4, 0.5) is 0 Å². The van der Waals surface area contributed by atoms with Gasteiger partial charge in [0, 0.05) is 16.3 Å². The Morgan fingerprint density at radius 3 is 2.15 bits per heavy atom. The van der Waals surface area contributed by atoms with E-state index in [2.05, 4.69) is 15.6 Å². The Labute approximate surface area is 196 Å². The van der Waals surface area contributed by atoms with E-state index in [1.165, 1.54) is 0 Å². The Balaban J connectivity index is 1.42. The highest BCUT2D eigenvalue weighted by atomic mass is 16.2. The lowest BCUT2D eigenvalue weighted by molar-refractivity contribution is -0.121. The van der Waals surface area contributed by atoms with E-state index >= 15 is 0 Å². The molecule has 0 spiro atoms.